The summed E-state index contributed by atoms with van der Waals surface area (Å²) < 4.78 is 0. The molecule has 0 bridgehead atoms. The average molecular weight is 384 g/mol. The highest BCUT2D eigenvalue weighted by atomic mass is 16.2. The fraction of sp³-hybridized carbons (Fsp3) is 0.478. The molecule has 1 saturated heterocycles. The second-order valence-corrected chi connectivity index (χ2v) is 8.52. The molecule has 0 saturated carbocycles. The first-order chi connectivity index (χ1) is 13.1. The van der Waals surface area contributed by atoms with Gasteiger partial charge in [0.25, 0.3) is 0 Å². The van der Waals surface area contributed by atoms with Gasteiger partial charge in [-0.05, 0) is 31.4 Å². The SMILES string of the molecule is C=CC(CNC(=O)C(=C)C(C)NC(=O)C1CC(C)(C)CN1C)c1ccccc1. The van der Waals surface area contributed by atoms with Crippen LogP contribution >= 0.6 is 0 Å². The lowest BCUT2D eigenvalue weighted by Gasteiger charge is -2.23. The molecule has 28 heavy (non-hydrogen) atoms. The van der Waals surface area contributed by atoms with Gasteiger partial charge < -0.3 is 10.6 Å². The number of likely N-dealkylation sites (tertiary alicyclic amines) is 1. The monoisotopic (exact) mass is 383 g/mol. The Morgan fingerprint density at radius 2 is 1.96 bits per heavy atom. The minimum absolute atomic E-state index is 0.0252. The Hall–Kier alpha value is -2.40. The third-order valence-electron chi connectivity index (χ3n) is 5.43. The van der Waals surface area contributed by atoms with Crippen molar-refractivity contribution >= 4 is 11.8 Å². The van der Waals surface area contributed by atoms with Gasteiger partial charge in [0.2, 0.25) is 11.8 Å². The normalized spacial score (nSPS) is 20.8. The van der Waals surface area contributed by atoms with Crippen molar-refractivity contribution in [3.8, 4) is 0 Å². The van der Waals surface area contributed by atoms with Crippen LogP contribution in [0.15, 0.2) is 55.1 Å². The Kier molecular flexibility index (Phi) is 7.19. The fourth-order valence-corrected chi connectivity index (χ4v) is 3.77. The van der Waals surface area contributed by atoms with Crippen molar-refractivity contribution in [3.05, 3.63) is 60.7 Å². The van der Waals surface area contributed by atoms with Crippen LogP contribution in [0.4, 0.5) is 0 Å². The van der Waals surface area contributed by atoms with Crippen molar-refractivity contribution in [1.29, 1.82) is 0 Å². The standard InChI is InChI=1S/C23H33N3O2/c1-7-18(19-11-9-8-10-12-19)14-24-21(27)16(2)17(3)25-22(28)20-13-23(4,5)15-26(20)6/h7-12,17-18,20H,1-2,13-15H2,3-6H3,(H,24,27)(H,25,28). The first-order valence-corrected chi connectivity index (χ1v) is 9.79. The number of amides is 2. The third-order valence-corrected chi connectivity index (χ3v) is 5.43. The molecule has 0 aliphatic carbocycles. The first-order valence-electron chi connectivity index (χ1n) is 9.79. The van der Waals surface area contributed by atoms with Crippen molar-refractivity contribution in [2.24, 2.45) is 5.41 Å². The van der Waals surface area contributed by atoms with E-state index >= 15 is 0 Å². The number of nitrogens with zero attached hydrogens (tertiary/aromatic N) is 1. The minimum Gasteiger partial charge on any atom is -0.351 e. The van der Waals surface area contributed by atoms with Gasteiger partial charge in [0.15, 0.2) is 0 Å². The van der Waals surface area contributed by atoms with Gasteiger partial charge in [0, 0.05) is 24.6 Å². The van der Waals surface area contributed by atoms with Crippen LogP contribution in [0, 0.1) is 5.41 Å². The quantitative estimate of drug-likeness (QED) is 0.536. The Bertz CT molecular complexity index is 727. The lowest BCUT2D eigenvalue weighted by Crippen LogP contribution is -2.47. The van der Waals surface area contributed by atoms with E-state index in [-0.39, 0.29) is 29.2 Å². The van der Waals surface area contributed by atoms with Gasteiger partial charge in [0.1, 0.15) is 0 Å². The molecule has 0 radical (unpaired) electrons. The minimum atomic E-state index is -0.427. The maximum Gasteiger partial charge on any atom is 0.248 e. The lowest BCUT2D eigenvalue weighted by molar-refractivity contribution is -0.125. The summed E-state index contributed by atoms with van der Waals surface area (Å²) in [5.41, 5.74) is 1.56. The van der Waals surface area contributed by atoms with E-state index in [1.165, 1.54) is 0 Å². The largest absolute Gasteiger partial charge is 0.351 e. The molecule has 1 aliphatic rings. The van der Waals surface area contributed by atoms with E-state index < -0.39 is 6.04 Å². The Morgan fingerprint density at radius 3 is 2.50 bits per heavy atom. The molecule has 1 aliphatic heterocycles. The Balaban J connectivity index is 1.87. The maximum atomic E-state index is 12.6. The number of carbonyl (C=O) groups excluding carboxylic acids is 2. The van der Waals surface area contributed by atoms with Crippen molar-refractivity contribution in [2.45, 2.75) is 45.2 Å². The molecule has 1 heterocycles. The van der Waals surface area contributed by atoms with Gasteiger partial charge in [-0.1, -0.05) is 56.8 Å². The summed E-state index contributed by atoms with van der Waals surface area (Å²) >= 11 is 0. The van der Waals surface area contributed by atoms with Crippen LogP contribution in [0.3, 0.4) is 0 Å². The topological polar surface area (TPSA) is 61.4 Å². The maximum absolute atomic E-state index is 12.6. The summed E-state index contributed by atoms with van der Waals surface area (Å²) in [6, 6.07) is 9.31. The predicted molar refractivity (Wildman–Crippen MR) is 114 cm³/mol. The molecule has 152 valence electrons. The van der Waals surface area contributed by atoms with Crippen molar-refractivity contribution in [3.63, 3.8) is 0 Å². The fourth-order valence-electron chi connectivity index (χ4n) is 3.77. The molecule has 3 atom stereocenters. The zero-order valence-corrected chi connectivity index (χ0v) is 17.5. The molecule has 5 nitrogen and oxygen atoms in total. The summed E-state index contributed by atoms with van der Waals surface area (Å²) in [4.78, 5) is 27.2. The summed E-state index contributed by atoms with van der Waals surface area (Å²) in [6.07, 6.45) is 2.63. The molecule has 2 N–H and O–H groups in total. The van der Waals surface area contributed by atoms with E-state index in [0.29, 0.717) is 12.1 Å². The van der Waals surface area contributed by atoms with E-state index in [4.69, 9.17) is 0 Å². The van der Waals surface area contributed by atoms with Crippen LogP contribution in [0.2, 0.25) is 0 Å². The average Bonchev–Trinajstić information content (AvgIpc) is 2.94. The number of carbonyl (C=O) groups is 2. The van der Waals surface area contributed by atoms with Crippen LogP contribution in [0.5, 0.6) is 0 Å². The second-order valence-electron chi connectivity index (χ2n) is 8.52. The number of hydrogen-bond donors (Lipinski definition) is 2. The molecule has 2 rings (SSSR count). The zero-order chi connectivity index (χ0) is 20.9. The molecular weight excluding hydrogens is 350 g/mol. The number of rotatable bonds is 8. The summed E-state index contributed by atoms with van der Waals surface area (Å²) in [6.45, 7) is 15.2. The molecule has 1 aromatic rings. The van der Waals surface area contributed by atoms with Gasteiger partial charge in [-0.15, -0.1) is 6.58 Å². The van der Waals surface area contributed by atoms with Crippen molar-refractivity contribution in [1.82, 2.24) is 15.5 Å². The number of nitrogens with one attached hydrogen (secondary N) is 2. The lowest BCUT2D eigenvalue weighted by atomic mass is 9.90. The first kappa shape index (κ1) is 21.9. The summed E-state index contributed by atoms with van der Waals surface area (Å²) in [7, 11) is 1.96. The summed E-state index contributed by atoms with van der Waals surface area (Å²) in [5.74, 6) is -0.282. The molecule has 0 spiro atoms. The second kappa shape index (κ2) is 9.20. The van der Waals surface area contributed by atoms with E-state index in [0.717, 1.165) is 18.5 Å². The van der Waals surface area contributed by atoms with Gasteiger partial charge in [-0.25, -0.2) is 0 Å². The van der Waals surface area contributed by atoms with Crippen LogP contribution in [0.1, 0.15) is 38.7 Å². The molecule has 3 unspecified atom stereocenters. The molecule has 0 aromatic heterocycles. The van der Waals surface area contributed by atoms with E-state index in [1.807, 2.05) is 43.5 Å². The van der Waals surface area contributed by atoms with Crippen LogP contribution in [-0.2, 0) is 9.59 Å². The van der Waals surface area contributed by atoms with Crippen LogP contribution in [-0.4, -0.2) is 48.9 Å². The zero-order valence-electron chi connectivity index (χ0n) is 17.5. The number of likely N-dealkylation sites (N-methyl/N-ethyl adjacent to an activating group) is 1. The predicted octanol–water partition coefficient (Wildman–Crippen LogP) is 2.86. The number of benzene rings is 1. The molecule has 2 amide bonds. The van der Waals surface area contributed by atoms with Crippen LogP contribution in [0.25, 0.3) is 0 Å². The van der Waals surface area contributed by atoms with Gasteiger partial charge >= 0.3 is 0 Å². The van der Waals surface area contributed by atoms with E-state index in [9.17, 15) is 9.59 Å². The van der Waals surface area contributed by atoms with Gasteiger partial charge in [-0.3, -0.25) is 14.5 Å². The molecule has 1 fully saturated rings. The number of hydrogen-bond acceptors (Lipinski definition) is 3. The van der Waals surface area contributed by atoms with Crippen molar-refractivity contribution < 1.29 is 9.59 Å². The molecule has 1 aromatic carbocycles. The highest BCUT2D eigenvalue weighted by Gasteiger charge is 2.39. The smallest absolute Gasteiger partial charge is 0.248 e. The third kappa shape index (κ3) is 5.55. The summed E-state index contributed by atoms with van der Waals surface area (Å²) in [5, 5.41) is 5.85. The van der Waals surface area contributed by atoms with Gasteiger partial charge in [0.05, 0.1) is 12.1 Å². The highest BCUT2D eigenvalue weighted by Crippen LogP contribution is 2.32. The molecular formula is C23H33N3O2. The molecule has 5 heteroatoms. The van der Waals surface area contributed by atoms with Crippen LogP contribution < -0.4 is 10.6 Å². The Labute approximate surface area is 168 Å². The van der Waals surface area contributed by atoms with E-state index in [1.54, 1.807) is 6.92 Å². The van der Waals surface area contributed by atoms with E-state index in [2.05, 4.69) is 42.5 Å². The van der Waals surface area contributed by atoms with Gasteiger partial charge in [-0.2, -0.15) is 0 Å². The highest BCUT2D eigenvalue weighted by molar-refractivity contribution is 5.95. The Morgan fingerprint density at radius 1 is 1.32 bits per heavy atom. The van der Waals surface area contributed by atoms with Crippen molar-refractivity contribution in [2.75, 3.05) is 20.1 Å².